The third-order valence-electron chi connectivity index (χ3n) is 4.61. The summed E-state index contributed by atoms with van der Waals surface area (Å²) in [5.41, 5.74) is 1.90. The number of hydrogen-bond acceptors (Lipinski definition) is 5. The number of nitrogens with zero attached hydrogens (tertiary/aromatic N) is 5. The third-order valence-corrected chi connectivity index (χ3v) is 5.57. The van der Waals surface area contributed by atoms with E-state index in [0.717, 1.165) is 39.3 Å². The van der Waals surface area contributed by atoms with Gasteiger partial charge in [0.25, 0.3) is 0 Å². The number of aromatic nitrogens is 4. The Kier molecular flexibility index (Phi) is 3.95. The summed E-state index contributed by atoms with van der Waals surface area (Å²) in [4.78, 5) is 11.9. The number of para-hydroxylation sites is 1. The van der Waals surface area contributed by atoms with Gasteiger partial charge in [-0.2, -0.15) is 4.52 Å². The molecule has 1 aromatic carbocycles. The maximum absolute atomic E-state index is 4.81. The largest absolute Gasteiger partial charge is 0.303 e. The summed E-state index contributed by atoms with van der Waals surface area (Å²) in [5.74, 6) is 1.86. The first-order valence-corrected chi connectivity index (χ1v) is 9.16. The predicted octanol–water partition coefficient (Wildman–Crippen LogP) is 3.16. The van der Waals surface area contributed by atoms with Crippen molar-refractivity contribution in [1.82, 2.24) is 24.5 Å². The molecule has 6 heteroatoms. The Morgan fingerprint density at radius 3 is 2.96 bits per heavy atom. The van der Waals surface area contributed by atoms with Crippen molar-refractivity contribution >= 4 is 28.3 Å². The van der Waals surface area contributed by atoms with Crippen molar-refractivity contribution in [2.45, 2.75) is 37.4 Å². The van der Waals surface area contributed by atoms with Crippen molar-refractivity contribution in [3.63, 3.8) is 0 Å². The van der Waals surface area contributed by atoms with Gasteiger partial charge >= 0.3 is 0 Å². The lowest BCUT2D eigenvalue weighted by molar-refractivity contribution is 0.305. The highest BCUT2D eigenvalue weighted by atomic mass is 32.2. The molecule has 120 valence electrons. The van der Waals surface area contributed by atoms with Crippen LogP contribution < -0.4 is 0 Å². The molecular formula is C17H21N5S. The van der Waals surface area contributed by atoms with Crippen molar-refractivity contribution in [1.29, 1.82) is 0 Å². The zero-order valence-electron chi connectivity index (χ0n) is 13.6. The number of rotatable bonds is 4. The van der Waals surface area contributed by atoms with Crippen LogP contribution in [0.3, 0.4) is 0 Å². The molecule has 5 nitrogen and oxygen atoms in total. The fourth-order valence-corrected chi connectivity index (χ4v) is 4.34. The first-order chi connectivity index (χ1) is 11.2. The maximum Gasteiger partial charge on any atom is 0.191 e. The molecular weight excluding hydrogens is 306 g/mol. The van der Waals surface area contributed by atoms with Crippen LogP contribution in [0, 0.1) is 6.92 Å². The number of aryl methyl sites for hydroxylation is 1. The second-order valence-corrected chi connectivity index (χ2v) is 7.28. The first kappa shape index (κ1) is 14.9. The number of fused-ring (bicyclic) bond motifs is 3. The van der Waals surface area contributed by atoms with Crippen LogP contribution in [0.15, 0.2) is 29.4 Å². The second kappa shape index (κ2) is 6.09. The van der Waals surface area contributed by atoms with E-state index in [1.165, 1.54) is 25.8 Å². The van der Waals surface area contributed by atoms with Gasteiger partial charge < -0.3 is 4.90 Å². The number of likely N-dealkylation sites (tertiary alicyclic amines) is 1. The Labute approximate surface area is 140 Å². The zero-order valence-corrected chi connectivity index (χ0v) is 14.4. The normalized spacial score (nSPS) is 19.1. The van der Waals surface area contributed by atoms with Crippen molar-refractivity contribution in [2.75, 3.05) is 19.3 Å². The minimum atomic E-state index is 0.718. The molecule has 1 fully saturated rings. The molecule has 0 saturated carbocycles. The van der Waals surface area contributed by atoms with Crippen LogP contribution in [0.2, 0.25) is 0 Å². The third kappa shape index (κ3) is 2.81. The van der Waals surface area contributed by atoms with Crippen molar-refractivity contribution in [3.8, 4) is 0 Å². The van der Waals surface area contributed by atoms with Crippen LogP contribution >= 0.6 is 11.8 Å². The Morgan fingerprint density at radius 1 is 1.26 bits per heavy atom. The number of thioether (sulfide) groups is 1. The molecule has 1 atom stereocenters. The van der Waals surface area contributed by atoms with E-state index in [-0.39, 0.29) is 0 Å². The summed E-state index contributed by atoms with van der Waals surface area (Å²) in [5, 5.41) is 6.55. The Balaban J connectivity index is 1.62. The van der Waals surface area contributed by atoms with Gasteiger partial charge in [0, 0.05) is 17.2 Å². The van der Waals surface area contributed by atoms with Gasteiger partial charge in [-0.05, 0) is 51.9 Å². The standard InChI is InChI=1S/C17H21N5S/c1-12-18-16-14-7-3-4-8-15(14)19-17(22(16)20-12)23-11-9-13-6-5-10-21(13)2/h3-4,7-8,13H,5-6,9-11H2,1-2H3. The van der Waals surface area contributed by atoms with Crippen LogP contribution in [-0.4, -0.2) is 49.9 Å². The van der Waals surface area contributed by atoms with Crippen molar-refractivity contribution in [2.24, 2.45) is 0 Å². The SMILES string of the molecule is Cc1nc2c3ccccc3nc(SCCC3CCCN3C)n2n1. The topological polar surface area (TPSA) is 46.3 Å². The lowest BCUT2D eigenvalue weighted by atomic mass is 10.2. The van der Waals surface area contributed by atoms with Crippen molar-refractivity contribution < 1.29 is 0 Å². The Hall–Kier alpha value is -1.66. The molecule has 0 N–H and O–H groups in total. The minimum Gasteiger partial charge on any atom is -0.303 e. The van der Waals surface area contributed by atoms with Crippen LogP contribution in [-0.2, 0) is 0 Å². The smallest absolute Gasteiger partial charge is 0.191 e. The highest BCUT2D eigenvalue weighted by molar-refractivity contribution is 7.99. The fraction of sp³-hybridized carbons (Fsp3) is 0.471. The molecule has 1 aliphatic rings. The fourth-order valence-electron chi connectivity index (χ4n) is 3.36. The summed E-state index contributed by atoms with van der Waals surface area (Å²) in [6.45, 7) is 3.17. The molecule has 0 bridgehead atoms. The van der Waals surface area contributed by atoms with Gasteiger partial charge in [0.1, 0.15) is 5.82 Å². The predicted molar refractivity (Wildman–Crippen MR) is 94.0 cm³/mol. The molecule has 4 rings (SSSR count). The van der Waals surface area contributed by atoms with E-state index in [0.29, 0.717) is 0 Å². The van der Waals surface area contributed by atoms with Gasteiger partial charge in [-0.3, -0.25) is 0 Å². The van der Waals surface area contributed by atoms with Gasteiger partial charge in [-0.1, -0.05) is 23.9 Å². The van der Waals surface area contributed by atoms with Crippen LogP contribution in [0.1, 0.15) is 25.1 Å². The monoisotopic (exact) mass is 327 g/mol. The molecule has 3 aromatic rings. The second-order valence-electron chi connectivity index (χ2n) is 6.22. The van der Waals surface area contributed by atoms with E-state index in [1.54, 1.807) is 11.8 Å². The van der Waals surface area contributed by atoms with Gasteiger partial charge in [-0.25, -0.2) is 9.97 Å². The molecule has 0 amide bonds. The first-order valence-electron chi connectivity index (χ1n) is 8.17. The molecule has 0 spiro atoms. The van der Waals surface area contributed by atoms with Gasteiger partial charge in [0.15, 0.2) is 10.8 Å². The molecule has 1 unspecified atom stereocenters. The summed E-state index contributed by atoms with van der Waals surface area (Å²) in [7, 11) is 2.23. The van der Waals surface area contributed by atoms with E-state index in [2.05, 4.69) is 28.1 Å². The van der Waals surface area contributed by atoms with Gasteiger partial charge in [0.05, 0.1) is 5.52 Å². The summed E-state index contributed by atoms with van der Waals surface area (Å²) in [6.07, 6.45) is 3.84. The Bertz CT molecular complexity index is 843. The van der Waals surface area contributed by atoms with Gasteiger partial charge in [0.2, 0.25) is 0 Å². The molecule has 0 radical (unpaired) electrons. The molecule has 0 aliphatic carbocycles. The minimum absolute atomic E-state index is 0.718. The van der Waals surface area contributed by atoms with Crippen LogP contribution in [0.5, 0.6) is 0 Å². The summed E-state index contributed by atoms with van der Waals surface area (Å²) in [6, 6.07) is 8.88. The molecule has 1 saturated heterocycles. The molecule has 2 aromatic heterocycles. The van der Waals surface area contributed by atoms with Crippen LogP contribution in [0.4, 0.5) is 0 Å². The van der Waals surface area contributed by atoms with Crippen molar-refractivity contribution in [3.05, 3.63) is 30.1 Å². The van der Waals surface area contributed by atoms with E-state index in [9.17, 15) is 0 Å². The van der Waals surface area contributed by atoms with Crippen LogP contribution in [0.25, 0.3) is 16.6 Å². The quantitative estimate of drug-likeness (QED) is 0.544. The zero-order chi connectivity index (χ0) is 15.8. The molecule has 23 heavy (non-hydrogen) atoms. The van der Waals surface area contributed by atoms with Gasteiger partial charge in [-0.15, -0.1) is 5.10 Å². The highest BCUT2D eigenvalue weighted by Gasteiger charge is 2.20. The molecule has 3 heterocycles. The lowest BCUT2D eigenvalue weighted by Gasteiger charge is -2.18. The maximum atomic E-state index is 4.81. The highest BCUT2D eigenvalue weighted by Crippen LogP contribution is 2.26. The Morgan fingerprint density at radius 2 is 2.13 bits per heavy atom. The van der Waals surface area contributed by atoms with E-state index in [4.69, 9.17) is 4.98 Å². The van der Waals surface area contributed by atoms with E-state index < -0.39 is 0 Å². The average Bonchev–Trinajstić information content (AvgIpc) is 3.13. The lowest BCUT2D eigenvalue weighted by Crippen LogP contribution is -2.25. The van der Waals surface area contributed by atoms with E-state index >= 15 is 0 Å². The molecule has 1 aliphatic heterocycles. The number of hydrogen-bond donors (Lipinski definition) is 0. The van der Waals surface area contributed by atoms with E-state index in [1.807, 2.05) is 29.6 Å². The summed E-state index contributed by atoms with van der Waals surface area (Å²) >= 11 is 1.79. The average molecular weight is 327 g/mol. The number of benzene rings is 1. The summed E-state index contributed by atoms with van der Waals surface area (Å²) < 4.78 is 1.90.